The molecule has 0 fully saturated rings. The van der Waals surface area contributed by atoms with Crippen molar-refractivity contribution in [3.63, 3.8) is 0 Å². The monoisotopic (exact) mass is 316 g/mol. The molecular formula is C16H20N4O3. The number of benzene rings is 1. The van der Waals surface area contributed by atoms with Gasteiger partial charge in [0.1, 0.15) is 5.76 Å². The number of aromatic nitrogens is 1. The Hall–Kier alpha value is -2.67. The summed E-state index contributed by atoms with van der Waals surface area (Å²) in [4.78, 5) is 26.0. The van der Waals surface area contributed by atoms with Gasteiger partial charge in [0, 0.05) is 30.3 Å². The van der Waals surface area contributed by atoms with Crippen LogP contribution in [0.1, 0.15) is 26.5 Å². The van der Waals surface area contributed by atoms with Crippen molar-refractivity contribution in [3.8, 4) is 0 Å². The summed E-state index contributed by atoms with van der Waals surface area (Å²) in [6, 6.07) is 8.07. The Balaban J connectivity index is 1.93. The van der Waals surface area contributed by atoms with Crippen LogP contribution in [0.3, 0.4) is 0 Å². The molecule has 2 amide bonds. The molecule has 2 aromatic rings. The van der Waals surface area contributed by atoms with Crippen LogP contribution in [0.2, 0.25) is 0 Å². The SMILES string of the molecule is Cc1cc(NC(=O)c2ccc(C(=O)NCCN(C)C)cc2)no1. The molecule has 0 radical (unpaired) electrons. The Labute approximate surface area is 134 Å². The van der Waals surface area contributed by atoms with Gasteiger partial charge in [0.15, 0.2) is 5.82 Å². The summed E-state index contributed by atoms with van der Waals surface area (Å²) < 4.78 is 4.89. The van der Waals surface area contributed by atoms with Crippen LogP contribution >= 0.6 is 0 Å². The number of nitrogens with zero attached hydrogens (tertiary/aromatic N) is 2. The van der Waals surface area contributed by atoms with Crippen molar-refractivity contribution < 1.29 is 14.1 Å². The smallest absolute Gasteiger partial charge is 0.256 e. The average molecular weight is 316 g/mol. The van der Waals surface area contributed by atoms with E-state index in [1.165, 1.54) is 0 Å². The minimum Gasteiger partial charge on any atom is -0.360 e. The Morgan fingerprint density at radius 3 is 2.26 bits per heavy atom. The number of aryl methyl sites for hydroxylation is 1. The van der Waals surface area contributed by atoms with E-state index in [2.05, 4.69) is 15.8 Å². The molecule has 2 N–H and O–H groups in total. The predicted octanol–water partition coefficient (Wildman–Crippen LogP) is 1.53. The van der Waals surface area contributed by atoms with Crippen LogP contribution in [0.4, 0.5) is 5.82 Å². The largest absolute Gasteiger partial charge is 0.360 e. The Morgan fingerprint density at radius 1 is 1.13 bits per heavy atom. The number of carbonyl (C=O) groups excluding carboxylic acids is 2. The van der Waals surface area contributed by atoms with E-state index in [0.717, 1.165) is 6.54 Å². The van der Waals surface area contributed by atoms with Gasteiger partial charge in [0.2, 0.25) is 0 Å². The number of hydrogen-bond acceptors (Lipinski definition) is 5. The fraction of sp³-hybridized carbons (Fsp3) is 0.312. The van der Waals surface area contributed by atoms with Crippen LogP contribution in [-0.4, -0.2) is 49.1 Å². The van der Waals surface area contributed by atoms with Gasteiger partial charge >= 0.3 is 0 Å². The highest BCUT2D eigenvalue weighted by molar-refractivity contribution is 6.04. The summed E-state index contributed by atoms with van der Waals surface area (Å²) in [5, 5.41) is 9.14. The van der Waals surface area contributed by atoms with Gasteiger partial charge in [-0.2, -0.15) is 0 Å². The first kappa shape index (κ1) is 16.7. The number of nitrogens with one attached hydrogen (secondary N) is 2. The molecule has 0 atom stereocenters. The van der Waals surface area contributed by atoms with E-state index in [-0.39, 0.29) is 11.8 Å². The van der Waals surface area contributed by atoms with Crippen molar-refractivity contribution in [2.45, 2.75) is 6.92 Å². The maximum atomic E-state index is 12.1. The fourth-order valence-corrected chi connectivity index (χ4v) is 1.88. The van der Waals surface area contributed by atoms with Crippen LogP contribution < -0.4 is 10.6 Å². The van der Waals surface area contributed by atoms with Crippen molar-refractivity contribution >= 4 is 17.6 Å². The van der Waals surface area contributed by atoms with Gasteiger partial charge in [-0.3, -0.25) is 9.59 Å². The highest BCUT2D eigenvalue weighted by atomic mass is 16.5. The third-order valence-corrected chi connectivity index (χ3v) is 3.12. The second-order valence-electron chi connectivity index (χ2n) is 5.41. The van der Waals surface area contributed by atoms with E-state index in [1.54, 1.807) is 37.3 Å². The van der Waals surface area contributed by atoms with Crippen molar-refractivity contribution in [1.29, 1.82) is 0 Å². The molecule has 1 aromatic carbocycles. The Kier molecular flexibility index (Phi) is 5.48. The van der Waals surface area contributed by atoms with Crippen molar-refractivity contribution in [3.05, 3.63) is 47.2 Å². The minimum atomic E-state index is -0.308. The standard InChI is InChI=1S/C16H20N4O3/c1-11-10-14(19-23-11)18-16(22)13-6-4-12(5-7-13)15(21)17-8-9-20(2)3/h4-7,10H,8-9H2,1-3H3,(H,17,21)(H,18,19,22). The first-order valence-corrected chi connectivity index (χ1v) is 7.23. The normalized spacial score (nSPS) is 10.6. The molecule has 0 saturated carbocycles. The minimum absolute atomic E-state index is 0.161. The number of hydrogen-bond donors (Lipinski definition) is 2. The third kappa shape index (κ3) is 4.93. The second-order valence-corrected chi connectivity index (χ2v) is 5.41. The molecule has 0 spiro atoms. The first-order chi connectivity index (χ1) is 11.0. The molecule has 7 nitrogen and oxygen atoms in total. The lowest BCUT2D eigenvalue weighted by molar-refractivity contribution is 0.0949. The van der Waals surface area contributed by atoms with E-state index in [9.17, 15) is 9.59 Å². The van der Waals surface area contributed by atoms with E-state index in [1.807, 2.05) is 19.0 Å². The zero-order valence-corrected chi connectivity index (χ0v) is 13.4. The third-order valence-electron chi connectivity index (χ3n) is 3.12. The lowest BCUT2D eigenvalue weighted by Gasteiger charge is -2.10. The lowest BCUT2D eigenvalue weighted by atomic mass is 10.1. The second kappa shape index (κ2) is 7.55. The van der Waals surface area contributed by atoms with E-state index >= 15 is 0 Å². The molecule has 0 aliphatic rings. The van der Waals surface area contributed by atoms with Crippen LogP contribution in [-0.2, 0) is 0 Å². The zero-order chi connectivity index (χ0) is 16.8. The van der Waals surface area contributed by atoms with Crippen molar-refractivity contribution in [1.82, 2.24) is 15.4 Å². The van der Waals surface area contributed by atoms with Gasteiger partial charge in [-0.05, 0) is 45.3 Å². The molecular weight excluding hydrogens is 296 g/mol. The zero-order valence-electron chi connectivity index (χ0n) is 13.4. The Bertz CT molecular complexity index is 677. The quantitative estimate of drug-likeness (QED) is 0.844. The van der Waals surface area contributed by atoms with Crippen molar-refractivity contribution in [2.75, 3.05) is 32.5 Å². The molecule has 1 aromatic heterocycles. The summed E-state index contributed by atoms with van der Waals surface area (Å²) >= 11 is 0. The van der Waals surface area contributed by atoms with Crippen LogP contribution in [0.5, 0.6) is 0 Å². The topological polar surface area (TPSA) is 87.5 Å². The van der Waals surface area contributed by atoms with Gasteiger partial charge in [0.05, 0.1) is 0 Å². The Morgan fingerprint density at radius 2 is 1.74 bits per heavy atom. The van der Waals surface area contributed by atoms with Crippen molar-refractivity contribution in [2.24, 2.45) is 0 Å². The summed E-state index contributed by atoms with van der Waals surface area (Å²) in [5.41, 5.74) is 0.952. The molecule has 0 unspecified atom stereocenters. The molecule has 0 saturated heterocycles. The molecule has 23 heavy (non-hydrogen) atoms. The van der Waals surface area contributed by atoms with Gasteiger partial charge in [0.25, 0.3) is 11.8 Å². The van der Waals surface area contributed by atoms with Crippen LogP contribution in [0.25, 0.3) is 0 Å². The van der Waals surface area contributed by atoms with Crippen LogP contribution in [0.15, 0.2) is 34.9 Å². The van der Waals surface area contributed by atoms with Gasteiger partial charge < -0.3 is 20.1 Å². The number of carbonyl (C=O) groups is 2. The molecule has 122 valence electrons. The summed E-state index contributed by atoms with van der Waals surface area (Å²) in [6.07, 6.45) is 0. The summed E-state index contributed by atoms with van der Waals surface area (Å²) in [7, 11) is 3.88. The number of rotatable bonds is 6. The van der Waals surface area contributed by atoms with E-state index in [4.69, 9.17) is 4.52 Å². The number of anilines is 1. The lowest BCUT2D eigenvalue weighted by Crippen LogP contribution is -2.31. The fourth-order valence-electron chi connectivity index (χ4n) is 1.88. The predicted molar refractivity (Wildman–Crippen MR) is 86.5 cm³/mol. The highest BCUT2D eigenvalue weighted by Gasteiger charge is 2.10. The van der Waals surface area contributed by atoms with E-state index in [0.29, 0.717) is 29.2 Å². The van der Waals surface area contributed by atoms with Gasteiger partial charge in [-0.15, -0.1) is 0 Å². The maximum Gasteiger partial charge on any atom is 0.256 e. The maximum absolute atomic E-state index is 12.1. The molecule has 7 heteroatoms. The highest BCUT2D eigenvalue weighted by Crippen LogP contribution is 2.10. The average Bonchev–Trinajstić information content (AvgIpc) is 2.92. The molecule has 0 bridgehead atoms. The summed E-state index contributed by atoms with van der Waals surface area (Å²) in [5.74, 6) is 0.506. The number of amides is 2. The summed E-state index contributed by atoms with van der Waals surface area (Å²) in [6.45, 7) is 3.08. The molecule has 0 aliphatic heterocycles. The molecule has 2 rings (SSSR count). The van der Waals surface area contributed by atoms with Gasteiger partial charge in [-0.1, -0.05) is 5.16 Å². The van der Waals surface area contributed by atoms with Crippen LogP contribution in [0, 0.1) is 6.92 Å². The molecule has 1 heterocycles. The first-order valence-electron chi connectivity index (χ1n) is 7.23. The van der Waals surface area contributed by atoms with Gasteiger partial charge in [-0.25, -0.2) is 0 Å². The molecule has 0 aliphatic carbocycles. The van der Waals surface area contributed by atoms with E-state index < -0.39 is 0 Å². The number of likely N-dealkylation sites (N-methyl/N-ethyl adjacent to an activating group) is 1.